The second-order valence-electron chi connectivity index (χ2n) is 7.23. The van der Waals surface area contributed by atoms with Crippen molar-refractivity contribution in [3.63, 3.8) is 0 Å². The number of nitrogens with zero attached hydrogens (tertiary/aromatic N) is 2. The summed E-state index contributed by atoms with van der Waals surface area (Å²) in [6.07, 6.45) is 3.59. The summed E-state index contributed by atoms with van der Waals surface area (Å²) in [5.74, 6) is 0.768. The van der Waals surface area contributed by atoms with Gasteiger partial charge >= 0.3 is 0 Å². The number of ether oxygens (including phenoxy) is 1. The zero-order chi connectivity index (χ0) is 16.7. The Morgan fingerprint density at radius 3 is 2.78 bits per heavy atom. The highest BCUT2D eigenvalue weighted by atomic mass is 32.2. The molecule has 7 nitrogen and oxygen atoms in total. The number of nitrogens with one attached hydrogen (secondary N) is 1. The SMILES string of the molecule is COCCN(CC1CC1)C(=O)[C@@]12CNC[C@@H]1CN(S(C)(=O)=O)C2. The van der Waals surface area contributed by atoms with E-state index in [1.54, 1.807) is 7.11 Å². The van der Waals surface area contributed by atoms with Crippen LogP contribution in [-0.2, 0) is 19.6 Å². The third-order valence-corrected chi connectivity index (χ3v) is 6.63. The highest BCUT2D eigenvalue weighted by molar-refractivity contribution is 7.88. The minimum absolute atomic E-state index is 0.0639. The van der Waals surface area contributed by atoms with Gasteiger partial charge in [0.15, 0.2) is 0 Å². The Bertz CT molecular complexity index is 563. The van der Waals surface area contributed by atoms with Crippen LogP contribution in [0.4, 0.5) is 0 Å². The largest absolute Gasteiger partial charge is 0.383 e. The van der Waals surface area contributed by atoms with E-state index in [2.05, 4.69) is 5.32 Å². The molecule has 132 valence electrons. The highest BCUT2D eigenvalue weighted by Gasteiger charge is 2.57. The number of carbonyl (C=O) groups is 1. The molecule has 3 aliphatic rings. The summed E-state index contributed by atoms with van der Waals surface area (Å²) in [6.45, 7) is 3.89. The van der Waals surface area contributed by atoms with Gasteiger partial charge in [-0.25, -0.2) is 12.7 Å². The minimum atomic E-state index is -3.26. The van der Waals surface area contributed by atoms with Crippen molar-refractivity contribution in [2.45, 2.75) is 12.8 Å². The third kappa shape index (κ3) is 3.40. The van der Waals surface area contributed by atoms with Gasteiger partial charge in [0.1, 0.15) is 0 Å². The zero-order valence-electron chi connectivity index (χ0n) is 14.0. The van der Waals surface area contributed by atoms with Crippen molar-refractivity contribution in [1.29, 1.82) is 0 Å². The van der Waals surface area contributed by atoms with Crippen LogP contribution >= 0.6 is 0 Å². The molecular weight excluding hydrogens is 318 g/mol. The maximum absolute atomic E-state index is 13.3. The van der Waals surface area contributed by atoms with Crippen molar-refractivity contribution in [2.75, 3.05) is 59.2 Å². The molecule has 2 saturated heterocycles. The van der Waals surface area contributed by atoms with E-state index >= 15 is 0 Å². The van der Waals surface area contributed by atoms with Crippen LogP contribution in [0.25, 0.3) is 0 Å². The molecule has 0 unspecified atom stereocenters. The first-order chi connectivity index (χ1) is 10.9. The Labute approximate surface area is 138 Å². The molecule has 0 aromatic rings. The van der Waals surface area contributed by atoms with Crippen molar-refractivity contribution < 1.29 is 17.9 Å². The third-order valence-electron chi connectivity index (χ3n) is 5.42. The lowest BCUT2D eigenvalue weighted by molar-refractivity contribution is -0.142. The normalized spacial score (nSPS) is 31.3. The second-order valence-corrected chi connectivity index (χ2v) is 9.21. The molecule has 0 radical (unpaired) electrons. The predicted molar refractivity (Wildman–Crippen MR) is 86.4 cm³/mol. The fourth-order valence-corrected chi connectivity index (χ4v) is 4.75. The fourth-order valence-electron chi connectivity index (χ4n) is 3.83. The first-order valence-electron chi connectivity index (χ1n) is 8.31. The summed E-state index contributed by atoms with van der Waals surface area (Å²) < 4.78 is 30.5. The van der Waals surface area contributed by atoms with Crippen molar-refractivity contribution in [2.24, 2.45) is 17.3 Å². The Morgan fingerprint density at radius 1 is 1.43 bits per heavy atom. The molecule has 23 heavy (non-hydrogen) atoms. The number of hydrogen-bond donors (Lipinski definition) is 1. The smallest absolute Gasteiger partial charge is 0.231 e. The maximum atomic E-state index is 13.3. The molecule has 1 N–H and O–H groups in total. The Morgan fingerprint density at radius 2 is 2.17 bits per heavy atom. The number of amides is 1. The van der Waals surface area contributed by atoms with E-state index in [1.165, 1.54) is 23.4 Å². The molecule has 0 aromatic heterocycles. The minimum Gasteiger partial charge on any atom is -0.383 e. The van der Waals surface area contributed by atoms with Crippen molar-refractivity contribution in [3.8, 4) is 0 Å². The number of methoxy groups -OCH3 is 1. The lowest BCUT2D eigenvalue weighted by Gasteiger charge is -2.34. The number of rotatable bonds is 7. The molecule has 8 heteroatoms. The molecule has 0 bridgehead atoms. The number of fused-ring (bicyclic) bond motifs is 1. The van der Waals surface area contributed by atoms with Gasteiger partial charge < -0.3 is 15.0 Å². The van der Waals surface area contributed by atoms with Crippen LogP contribution in [0.3, 0.4) is 0 Å². The molecular formula is C15H27N3O4S. The molecule has 1 saturated carbocycles. The molecule has 3 fully saturated rings. The molecule has 3 rings (SSSR count). The molecule has 2 atom stereocenters. The van der Waals surface area contributed by atoms with Crippen molar-refractivity contribution >= 4 is 15.9 Å². The number of sulfonamides is 1. The average Bonchev–Trinajstić information content (AvgIpc) is 3.06. The van der Waals surface area contributed by atoms with Gasteiger partial charge in [0.25, 0.3) is 0 Å². The van der Waals surface area contributed by atoms with E-state index in [-0.39, 0.29) is 11.8 Å². The van der Waals surface area contributed by atoms with Crippen molar-refractivity contribution in [1.82, 2.24) is 14.5 Å². The average molecular weight is 345 g/mol. The van der Waals surface area contributed by atoms with Crippen LogP contribution in [0.2, 0.25) is 0 Å². The molecule has 0 spiro atoms. The summed E-state index contributed by atoms with van der Waals surface area (Å²) >= 11 is 0. The van der Waals surface area contributed by atoms with Gasteiger partial charge in [0.05, 0.1) is 18.3 Å². The van der Waals surface area contributed by atoms with Gasteiger partial charge in [-0.05, 0) is 18.8 Å². The van der Waals surface area contributed by atoms with Gasteiger partial charge in [-0.2, -0.15) is 0 Å². The molecule has 0 aromatic carbocycles. The number of carbonyl (C=O) groups excluding carboxylic acids is 1. The summed E-state index contributed by atoms with van der Waals surface area (Å²) in [5.41, 5.74) is -0.605. The Balaban J connectivity index is 1.79. The zero-order valence-corrected chi connectivity index (χ0v) is 14.8. The van der Waals surface area contributed by atoms with Crippen LogP contribution in [0.5, 0.6) is 0 Å². The van der Waals surface area contributed by atoms with Gasteiger partial charge in [0, 0.05) is 52.3 Å². The van der Waals surface area contributed by atoms with Gasteiger partial charge in [-0.15, -0.1) is 0 Å². The second kappa shape index (κ2) is 6.31. The van der Waals surface area contributed by atoms with Crippen molar-refractivity contribution in [3.05, 3.63) is 0 Å². The fraction of sp³-hybridized carbons (Fsp3) is 0.933. The molecule has 2 aliphatic heterocycles. The van der Waals surface area contributed by atoms with E-state index in [0.717, 1.165) is 6.54 Å². The van der Waals surface area contributed by atoms with Gasteiger partial charge in [0.2, 0.25) is 15.9 Å². The van der Waals surface area contributed by atoms with Gasteiger partial charge in [-0.3, -0.25) is 4.79 Å². The van der Waals surface area contributed by atoms with Crippen LogP contribution < -0.4 is 5.32 Å². The quantitative estimate of drug-likeness (QED) is 0.664. The van der Waals surface area contributed by atoms with Crippen LogP contribution in [0.1, 0.15) is 12.8 Å². The van der Waals surface area contributed by atoms with Crippen LogP contribution in [0, 0.1) is 17.3 Å². The van der Waals surface area contributed by atoms with Gasteiger partial charge in [-0.1, -0.05) is 0 Å². The van der Waals surface area contributed by atoms with E-state index in [0.29, 0.717) is 45.2 Å². The summed E-state index contributed by atoms with van der Waals surface area (Å²) in [5, 5.41) is 3.30. The first-order valence-corrected chi connectivity index (χ1v) is 10.2. The van der Waals surface area contributed by atoms with Crippen LogP contribution in [0.15, 0.2) is 0 Å². The number of hydrogen-bond acceptors (Lipinski definition) is 5. The highest BCUT2D eigenvalue weighted by Crippen LogP contribution is 2.42. The van der Waals surface area contributed by atoms with E-state index < -0.39 is 15.4 Å². The Hall–Kier alpha value is -0.700. The topological polar surface area (TPSA) is 79.0 Å². The van der Waals surface area contributed by atoms with E-state index in [9.17, 15) is 13.2 Å². The molecule has 1 aliphatic carbocycles. The lowest BCUT2D eigenvalue weighted by atomic mass is 9.79. The predicted octanol–water partition coefficient (Wildman–Crippen LogP) is -0.648. The Kier molecular flexibility index (Phi) is 4.70. The van der Waals surface area contributed by atoms with E-state index in [1.807, 2.05) is 4.90 Å². The summed E-state index contributed by atoms with van der Waals surface area (Å²) in [7, 11) is -1.62. The first kappa shape index (κ1) is 17.1. The van der Waals surface area contributed by atoms with E-state index in [4.69, 9.17) is 4.74 Å². The maximum Gasteiger partial charge on any atom is 0.231 e. The standard InChI is InChI=1S/C15H27N3O4S/c1-22-6-5-17(8-12-3-4-12)14(19)15-10-16-7-13(15)9-18(11-15)23(2,20)21/h12-13,16H,3-11H2,1-2H3/t13-,15-/m1/s1. The van der Waals surface area contributed by atoms with Crippen LogP contribution in [-0.4, -0.2) is 82.8 Å². The lowest BCUT2D eigenvalue weighted by Crippen LogP contribution is -2.51. The molecule has 2 heterocycles. The summed E-state index contributed by atoms with van der Waals surface area (Å²) in [4.78, 5) is 15.2. The summed E-state index contributed by atoms with van der Waals surface area (Å²) in [6, 6.07) is 0. The molecule has 1 amide bonds. The monoisotopic (exact) mass is 345 g/mol.